The molecule has 0 saturated heterocycles. The quantitative estimate of drug-likeness (QED) is 0.202. The first-order chi connectivity index (χ1) is 10.2. The molecule has 0 aliphatic carbocycles. The lowest BCUT2D eigenvalue weighted by atomic mass is 10.5. The van der Waals surface area contributed by atoms with Crippen LogP contribution < -0.4 is 0 Å². The lowest BCUT2D eigenvalue weighted by molar-refractivity contribution is -0.833. The van der Waals surface area contributed by atoms with E-state index in [9.17, 15) is 51.0 Å². The second kappa shape index (κ2) is 7.64. The van der Waals surface area contributed by atoms with E-state index in [1.54, 1.807) is 0 Å². The van der Waals surface area contributed by atoms with E-state index in [0.29, 0.717) is 0 Å². The Labute approximate surface area is 121 Å². The van der Waals surface area contributed by atoms with E-state index in [0.717, 1.165) is 0 Å². The molecule has 0 rings (SSSR count). The van der Waals surface area contributed by atoms with E-state index in [1.165, 1.54) is 0 Å². The number of halogens is 7. The first-order valence-corrected chi connectivity index (χ1v) is 5.04. The lowest BCUT2D eigenvalue weighted by Gasteiger charge is -2.18. The zero-order valence-electron chi connectivity index (χ0n) is 10.5. The first kappa shape index (κ1) is 21.2. The Bertz CT molecular complexity index is 394. The van der Waals surface area contributed by atoms with Gasteiger partial charge in [-0.05, 0) is 0 Å². The molecule has 16 heteroatoms. The lowest BCUT2D eigenvalue weighted by Crippen LogP contribution is -2.46. The van der Waals surface area contributed by atoms with Gasteiger partial charge in [0.2, 0.25) is 6.61 Å². The summed E-state index contributed by atoms with van der Waals surface area (Å²) >= 11 is 0. The highest BCUT2D eigenvalue weighted by Crippen LogP contribution is 2.24. The fourth-order valence-corrected chi connectivity index (χ4v) is 0.729. The molecule has 0 aliphatic heterocycles. The van der Waals surface area contributed by atoms with Gasteiger partial charge in [-0.15, -0.1) is 0 Å². The number of alkyl halides is 7. The molecule has 0 aromatic carbocycles. The van der Waals surface area contributed by atoms with Gasteiger partial charge in [0, 0.05) is 0 Å². The van der Waals surface area contributed by atoms with Crippen LogP contribution in [0.15, 0.2) is 0 Å². The molecule has 0 aromatic rings. The van der Waals surface area contributed by atoms with Crippen molar-refractivity contribution in [3.63, 3.8) is 0 Å². The fraction of sp³-hybridized carbons (Fsp3) is 0.857. The smallest absolute Gasteiger partial charge is 0.311 e. The number of nitrogens with zero attached hydrogens (tertiary/aromatic N) is 2. The van der Waals surface area contributed by atoms with Crippen LogP contribution in [-0.2, 0) is 14.2 Å². The molecule has 9 nitrogen and oxygen atoms in total. The van der Waals surface area contributed by atoms with E-state index < -0.39 is 54.4 Å². The third-order valence-electron chi connectivity index (χ3n) is 1.64. The topological polar surface area (TPSA) is 114 Å². The van der Waals surface area contributed by atoms with Crippen molar-refractivity contribution in [2.24, 2.45) is 0 Å². The largest absolute Gasteiger partial charge is 0.637 e. The van der Waals surface area contributed by atoms with E-state index >= 15 is 0 Å². The van der Waals surface area contributed by atoms with Crippen LogP contribution in [-0.4, -0.2) is 47.9 Å². The monoisotopic (exact) mass is 363 g/mol. The first-order valence-electron chi connectivity index (χ1n) is 5.04. The minimum atomic E-state index is -5.07. The summed E-state index contributed by atoms with van der Waals surface area (Å²) in [5.74, 6) is -4.53. The van der Waals surface area contributed by atoms with Crippen molar-refractivity contribution in [3.05, 3.63) is 26.7 Å². The van der Waals surface area contributed by atoms with Gasteiger partial charge in [0.1, 0.15) is 23.1 Å². The Morgan fingerprint density at radius 2 is 1.04 bits per heavy atom. The number of nitro groups is 2. The van der Waals surface area contributed by atoms with Crippen LogP contribution in [0.25, 0.3) is 0 Å². The van der Waals surface area contributed by atoms with Crippen molar-refractivity contribution in [2.75, 3.05) is 19.8 Å². The van der Waals surface area contributed by atoms with Gasteiger partial charge in [0.05, 0.1) is 0 Å². The van der Waals surface area contributed by atoms with Crippen LogP contribution in [0.4, 0.5) is 30.7 Å². The molecule has 0 spiro atoms. The van der Waals surface area contributed by atoms with Crippen molar-refractivity contribution >= 4 is 0 Å². The van der Waals surface area contributed by atoms with E-state index in [2.05, 4.69) is 14.2 Å². The second-order valence-electron chi connectivity index (χ2n) is 3.58. The number of hydrogen-bond acceptors (Lipinski definition) is 7. The van der Waals surface area contributed by atoms with Crippen molar-refractivity contribution < 1.29 is 54.8 Å². The van der Waals surface area contributed by atoms with Crippen molar-refractivity contribution in [1.82, 2.24) is 0 Å². The van der Waals surface area contributed by atoms with E-state index in [4.69, 9.17) is 0 Å². The molecule has 1 radical (unpaired) electrons. The van der Waals surface area contributed by atoms with Crippen LogP contribution in [0, 0.1) is 26.7 Å². The summed E-state index contributed by atoms with van der Waals surface area (Å²) in [5, 5.41) is 20.3. The number of rotatable bonds is 9. The highest BCUT2D eigenvalue weighted by Gasteiger charge is 2.59. The molecule has 0 amide bonds. The van der Waals surface area contributed by atoms with E-state index in [-0.39, 0.29) is 0 Å². The van der Waals surface area contributed by atoms with Gasteiger partial charge in [-0.25, -0.2) is 0 Å². The molecular formula is C7H6F7N2O7. The minimum Gasteiger partial charge on any atom is -0.311 e. The summed E-state index contributed by atoms with van der Waals surface area (Å²) in [6.45, 7) is -8.67. The Kier molecular flexibility index (Phi) is 7.04. The third kappa shape index (κ3) is 8.41. The molecule has 0 fully saturated rings. The van der Waals surface area contributed by atoms with Gasteiger partial charge in [-0.2, -0.15) is 26.3 Å². The maximum Gasteiger partial charge on any atom is 0.637 e. The zero-order valence-corrected chi connectivity index (χ0v) is 10.5. The Hall–Kier alpha value is -1.81. The summed E-state index contributed by atoms with van der Waals surface area (Å²) in [7, 11) is 0. The van der Waals surface area contributed by atoms with Crippen LogP contribution in [0.2, 0.25) is 0 Å². The van der Waals surface area contributed by atoms with Gasteiger partial charge in [-0.1, -0.05) is 4.39 Å². The molecule has 135 valence electrons. The molecule has 0 saturated carbocycles. The summed E-state index contributed by atoms with van der Waals surface area (Å²) in [6, 6.07) is 0. The molecular weight excluding hydrogens is 357 g/mol. The zero-order chi connectivity index (χ0) is 18.5. The molecule has 0 atom stereocenters. The van der Waals surface area contributed by atoms with Crippen LogP contribution in [0.5, 0.6) is 0 Å². The Morgan fingerprint density at radius 1 is 0.739 bits per heavy atom. The van der Waals surface area contributed by atoms with Crippen LogP contribution >= 0.6 is 0 Å². The molecule has 0 N–H and O–H groups in total. The average Bonchev–Trinajstić information content (AvgIpc) is 2.34. The average molecular weight is 363 g/mol. The van der Waals surface area contributed by atoms with Crippen LogP contribution in [0.3, 0.4) is 0 Å². The summed E-state index contributed by atoms with van der Waals surface area (Å²) < 4.78 is 95.3. The van der Waals surface area contributed by atoms with Gasteiger partial charge in [0.15, 0.2) is 0 Å². The predicted octanol–water partition coefficient (Wildman–Crippen LogP) is 1.78. The summed E-state index contributed by atoms with van der Waals surface area (Å²) in [5.41, 5.74) is 0. The van der Waals surface area contributed by atoms with Gasteiger partial charge in [-0.3, -0.25) is 20.2 Å². The normalized spacial score (nSPS) is 13.4. The van der Waals surface area contributed by atoms with Gasteiger partial charge < -0.3 is 14.2 Å². The predicted molar refractivity (Wildman–Crippen MR) is 51.0 cm³/mol. The van der Waals surface area contributed by atoms with Crippen molar-refractivity contribution in [2.45, 2.75) is 18.3 Å². The van der Waals surface area contributed by atoms with Gasteiger partial charge in [0.25, 0.3) is 0 Å². The van der Waals surface area contributed by atoms with Gasteiger partial charge >= 0.3 is 24.7 Å². The summed E-state index contributed by atoms with van der Waals surface area (Å²) in [4.78, 5) is 16.1. The number of hydrogen-bond donors (Lipinski definition) is 0. The molecule has 23 heavy (non-hydrogen) atoms. The maximum atomic E-state index is 13.3. The maximum absolute atomic E-state index is 13.3. The molecule has 0 unspecified atom stereocenters. The molecule has 0 aromatic heterocycles. The highest BCUT2D eigenvalue weighted by molar-refractivity contribution is 4.60. The minimum absolute atomic E-state index is 1.97. The van der Waals surface area contributed by atoms with E-state index in [1.807, 2.05) is 0 Å². The van der Waals surface area contributed by atoms with Crippen molar-refractivity contribution in [3.8, 4) is 0 Å². The SMILES string of the molecule is O=[N+]([O-])C(F)(CO[C](OCC(F)(F)F)OCC(F)(F)F)[N+](=O)[O-]. The summed E-state index contributed by atoms with van der Waals surface area (Å²) in [6.07, 6.45) is -10.1. The fourth-order valence-electron chi connectivity index (χ4n) is 0.729. The second-order valence-corrected chi connectivity index (χ2v) is 3.58. The molecule has 0 aliphatic rings. The third-order valence-corrected chi connectivity index (χ3v) is 1.64. The standard InChI is InChI=1S/C7H6F7N2O7/c8-5(9,10)1-21-4(22-2-6(11,12)13)23-3-7(14,15(17)18)16(19)20/h1-3H2. The van der Waals surface area contributed by atoms with Crippen LogP contribution in [0.1, 0.15) is 0 Å². The highest BCUT2D eigenvalue weighted by atomic mass is 19.4. The van der Waals surface area contributed by atoms with Crippen molar-refractivity contribution in [1.29, 1.82) is 0 Å². The molecule has 0 heterocycles. The Morgan fingerprint density at radius 3 is 1.30 bits per heavy atom. The Balaban J connectivity index is 4.85. The molecule has 0 bridgehead atoms. The number of ether oxygens (including phenoxy) is 3.